The van der Waals surface area contributed by atoms with Crippen LogP contribution in [0.2, 0.25) is 0 Å². The fourth-order valence-corrected chi connectivity index (χ4v) is 3.31. The van der Waals surface area contributed by atoms with E-state index in [0.29, 0.717) is 17.5 Å². The Morgan fingerprint density at radius 3 is 2.57 bits per heavy atom. The summed E-state index contributed by atoms with van der Waals surface area (Å²) in [5, 5.41) is 4.20. The number of hydrogen-bond donors (Lipinski definition) is 1. The average Bonchev–Trinajstić information content (AvgIpc) is 2.91. The number of benzene rings is 1. The molecule has 1 aliphatic carbocycles. The van der Waals surface area contributed by atoms with Crippen molar-refractivity contribution in [2.45, 2.75) is 50.9 Å². The largest absolute Gasteiger partial charge is 0.397 e. The second-order valence-corrected chi connectivity index (χ2v) is 6.56. The van der Waals surface area contributed by atoms with Gasteiger partial charge in [-0.25, -0.2) is 0 Å². The van der Waals surface area contributed by atoms with Crippen molar-refractivity contribution in [3.05, 3.63) is 28.5 Å². The zero-order valence-electron chi connectivity index (χ0n) is 12.0. The molecule has 1 saturated carbocycles. The summed E-state index contributed by atoms with van der Waals surface area (Å²) < 4.78 is 6.30. The fraction of sp³-hybridized carbons (Fsp3) is 0.500. The molecule has 0 atom stereocenters. The molecule has 4 nitrogen and oxygen atoms in total. The Morgan fingerprint density at radius 1 is 1.10 bits per heavy atom. The van der Waals surface area contributed by atoms with Gasteiger partial charge < -0.3 is 10.3 Å². The molecule has 1 aromatic heterocycles. The molecule has 112 valence electrons. The first kappa shape index (κ1) is 14.6. The highest BCUT2D eigenvalue weighted by Gasteiger charge is 2.21. The molecule has 0 bridgehead atoms. The third kappa shape index (κ3) is 3.28. The van der Waals surface area contributed by atoms with Crippen LogP contribution in [0, 0.1) is 0 Å². The third-order valence-electron chi connectivity index (χ3n) is 4.20. The van der Waals surface area contributed by atoms with Crippen molar-refractivity contribution >= 4 is 21.6 Å². The van der Waals surface area contributed by atoms with Gasteiger partial charge in [0.2, 0.25) is 0 Å². The summed E-state index contributed by atoms with van der Waals surface area (Å²) in [6, 6.07) is 5.75. The molecule has 2 aromatic rings. The van der Waals surface area contributed by atoms with Crippen LogP contribution in [-0.2, 0) is 0 Å². The number of rotatable bonds is 2. The molecule has 3 rings (SSSR count). The highest BCUT2D eigenvalue weighted by atomic mass is 79.9. The molecule has 1 fully saturated rings. The van der Waals surface area contributed by atoms with Crippen LogP contribution in [0.4, 0.5) is 5.69 Å². The lowest BCUT2D eigenvalue weighted by Gasteiger charge is -2.15. The monoisotopic (exact) mass is 349 g/mol. The van der Waals surface area contributed by atoms with Crippen LogP contribution in [0.3, 0.4) is 0 Å². The SMILES string of the molecule is Nc1c(Br)cccc1-c1nc(C2CCCCCCC2)no1. The van der Waals surface area contributed by atoms with Crippen molar-refractivity contribution in [3.63, 3.8) is 0 Å². The molecule has 1 aliphatic rings. The number of aromatic nitrogens is 2. The fourth-order valence-electron chi connectivity index (χ4n) is 2.95. The number of halogens is 1. The van der Waals surface area contributed by atoms with Crippen LogP contribution in [0.5, 0.6) is 0 Å². The first-order valence-electron chi connectivity index (χ1n) is 7.63. The quantitative estimate of drug-likeness (QED) is 0.782. The maximum absolute atomic E-state index is 6.07. The number of para-hydroxylation sites is 1. The number of nitrogens with zero attached hydrogens (tertiary/aromatic N) is 2. The Labute approximate surface area is 133 Å². The summed E-state index contributed by atoms with van der Waals surface area (Å²) in [6.07, 6.45) is 8.83. The van der Waals surface area contributed by atoms with Gasteiger partial charge in [0.1, 0.15) is 0 Å². The molecule has 0 amide bonds. The maximum atomic E-state index is 6.07. The minimum Gasteiger partial charge on any atom is -0.397 e. The molecule has 0 radical (unpaired) electrons. The lowest BCUT2D eigenvalue weighted by atomic mass is 9.91. The van der Waals surface area contributed by atoms with E-state index in [4.69, 9.17) is 10.3 Å². The van der Waals surface area contributed by atoms with E-state index >= 15 is 0 Å². The summed E-state index contributed by atoms with van der Waals surface area (Å²) in [5.74, 6) is 1.79. The minimum absolute atomic E-state index is 0.427. The van der Waals surface area contributed by atoms with Gasteiger partial charge in [0.15, 0.2) is 5.82 Å². The molecular weight excluding hydrogens is 330 g/mol. The molecule has 0 aliphatic heterocycles. The molecule has 0 saturated heterocycles. The zero-order valence-corrected chi connectivity index (χ0v) is 13.6. The van der Waals surface area contributed by atoms with Gasteiger partial charge in [-0.2, -0.15) is 4.98 Å². The predicted octanol–water partition coefficient (Wildman–Crippen LogP) is 4.91. The van der Waals surface area contributed by atoms with Crippen LogP contribution < -0.4 is 5.73 Å². The standard InChI is InChI=1S/C16H20BrN3O/c17-13-10-6-9-12(14(13)18)16-19-15(20-21-16)11-7-4-2-1-3-5-8-11/h6,9-11H,1-5,7-8,18H2. The number of nitrogen functional groups attached to an aromatic ring is 1. The van der Waals surface area contributed by atoms with Crippen molar-refractivity contribution < 1.29 is 4.52 Å². The van der Waals surface area contributed by atoms with E-state index in [0.717, 1.165) is 28.7 Å². The van der Waals surface area contributed by atoms with Crippen LogP contribution >= 0.6 is 15.9 Å². The Morgan fingerprint density at radius 2 is 1.81 bits per heavy atom. The first-order valence-corrected chi connectivity index (χ1v) is 8.43. The minimum atomic E-state index is 0.427. The Hall–Kier alpha value is -1.36. The molecule has 21 heavy (non-hydrogen) atoms. The van der Waals surface area contributed by atoms with Crippen LogP contribution in [0.25, 0.3) is 11.5 Å². The topological polar surface area (TPSA) is 64.9 Å². The van der Waals surface area contributed by atoms with E-state index in [1.165, 1.54) is 32.1 Å². The predicted molar refractivity (Wildman–Crippen MR) is 86.9 cm³/mol. The number of hydrogen-bond acceptors (Lipinski definition) is 4. The maximum Gasteiger partial charge on any atom is 0.260 e. The van der Waals surface area contributed by atoms with Gasteiger partial charge in [0.25, 0.3) is 5.89 Å². The van der Waals surface area contributed by atoms with Crippen LogP contribution in [0.1, 0.15) is 56.7 Å². The molecule has 5 heteroatoms. The summed E-state index contributed by atoms with van der Waals surface area (Å²) in [6.45, 7) is 0. The van der Waals surface area contributed by atoms with Gasteiger partial charge in [-0.15, -0.1) is 0 Å². The molecule has 2 N–H and O–H groups in total. The van der Waals surface area contributed by atoms with Gasteiger partial charge in [-0.1, -0.05) is 43.3 Å². The Bertz CT molecular complexity index is 603. The zero-order chi connectivity index (χ0) is 14.7. The lowest BCUT2D eigenvalue weighted by Crippen LogP contribution is -2.04. The van der Waals surface area contributed by atoms with Gasteiger partial charge in [-0.05, 0) is 40.9 Å². The van der Waals surface area contributed by atoms with E-state index in [1.54, 1.807) is 0 Å². The van der Waals surface area contributed by atoms with Crippen molar-refractivity contribution in [3.8, 4) is 11.5 Å². The average molecular weight is 350 g/mol. The number of nitrogens with two attached hydrogens (primary N) is 1. The van der Waals surface area contributed by atoms with Gasteiger partial charge in [-0.3, -0.25) is 0 Å². The first-order chi connectivity index (χ1) is 10.3. The lowest BCUT2D eigenvalue weighted by molar-refractivity contribution is 0.393. The van der Waals surface area contributed by atoms with Gasteiger partial charge in [0, 0.05) is 10.4 Å². The normalized spacial score (nSPS) is 17.4. The smallest absolute Gasteiger partial charge is 0.260 e. The van der Waals surface area contributed by atoms with Crippen molar-refractivity contribution in [1.82, 2.24) is 10.1 Å². The molecule has 1 aromatic carbocycles. The van der Waals surface area contributed by atoms with Gasteiger partial charge >= 0.3 is 0 Å². The summed E-state index contributed by atoms with van der Waals surface area (Å²) in [4.78, 5) is 4.60. The summed E-state index contributed by atoms with van der Waals surface area (Å²) >= 11 is 3.43. The van der Waals surface area contributed by atoms with E-state index in [2.05, 4.69) is 26.1 Å². The molecule has 1 heterocycles. The van der Waals surface area contributed by atoms with E-state index in [-0.39, 0.29) is 0 Å². The summed E-state index contributed by atoms with van der Waals surface area (Å²) in [5.41, 5.74) is 7.52. The third-order valence-corrected chi connectivity index (χ3v) is 4.89. The van der Waals surface area contributed by atoms with Crippen molar-refractivity contribution in [2.75, 3.05) is 5.73 Å². The van der Waals surface area contributed by atoms with Gasteiger partial charge in [0.05, 0.1) is 11.3 Å². The van der Waals surface area contributed by atoms with Crippen LogP contribution in [0.15, 0.2) is 27.2 Å². The number of anilines is 1. The second kappa shape index (κ2) is 6.60. The van der Waals surface area contributed by atoms with E-state index < -0.39 is 0 Å². The highest BCUT2D eigenvalue weighted by molar-refractivity contribution is 9.10. The highest BCUT2D eigenvalue weighted by Crippen LogP contribution is 2.33. The van der Waals surface area contributed by atoms with Crippen molar-refractivity contribution in [1.29, 1.82) is 0 Å². The molecular formula is C16H20BrN3O. The second-order valence-electron chi connectivity index (χ2n) is 5.70. The van der Waals surface area contributed by atoms with Crippen molar-refractivity contribution in [2.24, 2.45) is 0 Å². The van der Waals surface area contributed by atoms with Crippen LogP contribution in [-0.4, -0.2) is 10.1 Å². The summed E-state index contributed by atoms with van der Waals surface area (Å²) in [7, 11) is 0. The Kier molecular flexibility index (Phi) is 4.58. The Balaban J connectivity index is 1.83. The van der Waals surface area contributed by atoms with E-state index in [9.17, 15) is 0 Å². The van der Waals surface area contributed by atoms with E-state index in [1.807, 2.05) is 18.2 Å². The molecule has 0 spiro atoms. The molecule has 0 unspecified atom stereocenters.